The molecule has 1 amide bonds. The molecule has 5 nitrogen and oxygen atoms in total. The van der Waals surface area contributed by atoms with Crippen molar-refractivity contribution < 1.29 is 4.79 Å². The van der Waals surface area contributed by atoms with Crippen LogP contribution in [-0.2, 0) is 24.2 Å². The molecule has 2 aromatic rings. The fourth-order valence-corrected chi connectivity index (χ4v) is 3.06. The molecule has 0 saturated carbocycles. The first-order chi connectivity index (χ1) is 11.1. The highest BCUT2D eigenvalue weighted by atomic mass is 16.2. The van der Waals surface area contributed by atoms with Gasteiger partial charge in [-0.3, -0.25) is 9.36 Å². The largest absolute Gasteiger partial charge is 0.348 e. The molecule has 0 radical (unpaired) electrons. The van der Waals surface area contributed by atoms with Crippen LogP contribution in [0.3, 0.4) is 0 Å². The topological polar surface area (TPSA) is 64.0 Å². The van der Waals surface area contributed by atoms with Crippen molar-refractivity contribution in [1.82, 2.24) is 14.9 Å². The number of nitrogens with one attached hydrogen (secondary N) is 1. The van der Waals surface area contributed by atoms with Gasteiger partial charge in [0.25, 0.3) is 0 Å². The van der Waals surface area contributed by atoms with Crippen LogP contribution in [-0.4, -0.2) is 15.5 Å². The monoisotopic (exact) mass is 311 g/mol. The highest BCUT2D eigenvalue weighted by molar-refractivity contribution is 5.76. The van der Waals surface area contributed by atoms with Crippen LogP contribution in [0.4, 0.5) is 0 Å². The summed E-state index contributed by atoms with van der Waals surface area (Å²) >= 11 is 0. The Labute approximate surface area is 135 Å². The van der Waals surface area contributed by atoms with Crippen LogP contribution in [0.5, 0.6) is 0 Å². The second-order valence-electron chi connectivity index (χ2n) is 6.05. The van der Waals surface area contributed by atoms with E-state index in [4.69, 9.17) is 0 Å². The standard InChI is InChI=1S/C18H21N3O2/c1-13(15-8-7-14-5-2-3-6-16(14)11-15)20-17(22)12-21-10-4-9-19-18(21)23/h4,7-11,13H,2-3,5-6,12H2,1H3,(H,20,22). The van der Waals surface area contributed by atoms with Gasteiger partial charge in [0.1, 0.15) is 6.54 Å². The van der Waals surface area contributed by atoms with Crippen molar-refractivity contribution >= 4 is 5.91 Å². The van der Waals surface area contributed by atoms with E-state index in [0.29, 0.717) is 0 Å². The van der Waals surface area contributed by atoms with Crippen LogP contribution in [0.1, 0.15) is 42.5 Å². The molecule has 5 heteroatoms. The van der Waals surface area contributed by atoms with E-state index in [0.717, 1.165) is 18.4 Å². The summed E-state index contributed by atoms with van der Waals surface area (Å²) in [5.41, 5.74) is 3.53. The summed E-state index contributed by atoms with van der Waals surface area (Å²) in [6.07, 6.45) is 7.76. The average Bonchev–Trinajstić information content (AvgIpc) is 2.56. The lowest BCUT2D eigenvalue weighted by molar-refractivity contribution is -0.122. The summed E-state index contributed by atoms with van der Waals surface area (Å²) in [4.78, 5) is 27.3. The lowest BCUT2D eigenvalue weighted by Crippen LogP contribution is -2.34. The van der Waals surface area contributed by atoms with Gasteiger partial charge in [0.05, 0.1) is 6.04 Å². The molecule has 1 aliphatic carbocycles. The summed E-state index contributed by atoms with van der Waals surface area (Å²) in [5, 5.41) is 2.95. The van der Waals surface area contributed by atoms with E-state index in [1.807, 2.05) is 6.92 Å². The summed E-state index contributed by atoms with van der Waals surface area (Å²) in [6.45, 7) is 1.95. The highest BCUT2D eigenvalue weighted by Gasteiger charge is 2.14. The van der Waals surface area contributed by atoms with E-state index in [-0.39, 0.29) is 18.5 Å². The highest BCUT2D eigenvalue weighted by Crippen LogP contribution is 2.24. The zero-order valence-electron chi connectivity index (χ0n) is 13.3. The molecule has 1 atom stereocenters. The van der Waals surface area contributed by atoms with Gasteiger partial charge in [0, 0.05) is 12.4 Å². The van der Waals surface area contributed by atoms with E-state index in [9.17, 15) is 9.59 Å². The maximum atomic E-state index is 12.1. The Hall–Kier alpha value is -2.43. The maximum Gasteiger partial charge on any atom is 0.347 e. The third kappa shape index (κ3) is 3.67. The first kappa shape index (κ1) is 15.5. The van der Waals surface area contributed by atoms with Crippen LogP contribution in [0, 0.1) is 0 Å². The molecule has 1 N–H and O–H groups in total. The molecular weight excluding hydrogens is 290 g/mol. The van der Waals surface area contributed by atoms with Crippen molar-refractivity contribution in [2.75, 3.05) is 0 Å². The SMILES string of the molecule is CC(NC(=O)Cn1cccnc1=O)c1ccc2c(c1)CCCC2. The quantitative estimate of drug-likeness (QED) is 0.939. The Balaban J connectivity index is 1.67. The molecule has 1 unspecified atom stereocenters. The zero-order chi connectivity index (χ0) is 16.2. The average molecular weight is 311 g/mol. The molecule has 23 heavy (non-hydrogen) atoms. The van der Waals surface area contributed by atoms with Gasteiger partial charge in [-0.15, -0.1) is 0 Å². The van der Waals surface area contributed by atoms with Crippen LogP contribution < -0.4 is 11.0 Å². The van der Waals surface area contributed by atoms with Crippen molar-refractivity contribution in [1.29, 1.82) is 0 Å². The third-order valence-corrected chi connectivity index (χ3v) is 4.35. The van der Waals surface area contributed by atoms with Crippen LogP contribution in [0.25, 0.3) is 0 Å². The molecule has 3 rings (SSSR count). The number of aromatic nitrogens is 2. The van der Waals surface area contributed by atoms with Crippen LogP contribution in [0.2, 0.25) is 0 Å². The lowest BCUT2D eigenvalue weighted by Gasteiger charge is -2.20. The molecular formula is C18H21N3O2. The number of aryl methyl sites for hydroxylation is 2. The van der Waals surface area contributed by atoms with Gasteiger partial charge in [-0.2, -0.15) is 0 Å². The molecule has 0 saturated heterocycles. The molecule has 1 aromatic carbocycles. The molecule has 1 aliphatic rings. The number of hydrogen-bond acceptors (Lipinski definition) is 3. The lowest BCUT2D eigenvalue weighted by atomic mass is 9.89. The number of carbonyl (C=O) groups excluding carboxylic acids is 1. The second kappa shape index (κ2) is 6.77. The van der Waals surface area contributed by atoms with Crippen molar-refractivity contribution in [2.45, 2.75) is 45.2 Å². The van der Waals surface area contributed by atoms with E-state index in [1.54, 1.807) is 12.3 Å². The first-order valence-electron chi connectivity index (χ1n) is 8.06. The predicted octanol–water partition coefficient (Wildman–Crippen LogP) is 2.00. The Morgan fingerprint density at radius 1 is 1.30 bits per heavy atom. The summed E-state index contributed by atoms with van der Waals surface area (Å²) in [6, 6.07) is 8.03. The summed E-state index contributed by atoms with van der Waals surface area (Å²) in [5.74, 6) is -0.190. The fourth-order valence-electron chi connectivity index (χ4n) is 3.06. The molecule has 120 valence electrons. The molecule has 1 aromatic heterocycles. The Morgan fingerprint density at radius 2 is 2.09 bits per heavy atom. The van der Waals surface area contributed by atoms with Crippen molar-refractivity contribution in [3.63, 3.8) is 0 Å². The Kier molecular flexibility index (Phi) is 4.55. The fraction of sp³-hybridized carbons (Fsp3) is 0.389. The van der Waals surface area contributed by atoms with Gasteiger partial charge >= 0.3 is 5.69 Å². The number of carbonyl (C=O) groups is 1. The normalized spacial score (nSPS) is 14.8. The number of rotatable bonds is 4. The van der Waals surface area contributed by atoms with Gasteiger partial charge in [-0.25, -0.2) is 9.78 Å². The number of fused-ring (bicyclic) bond motifs is 1. The van der Waals surface area contributed by atoms with E-state index in [2.05, 4.69) is 28.5 Å². The number of benzene rings is 1. The molecule has 0 bridgehead atoms. The van der Waals surface area contributed by atoms with Gasteiger partial charge in [0.15, 0.2) is 0 Å². The Morgan fingerprint density at radius 3 is 2.87 bits per heavy atom. The van der Waals surface area contributed by atoms with Crippen LogP contribution >= 0.6 is 0 Å². The van der Waals surface area contributed by atoms with Gasteiger partial charge < -0.3 is 5.32 Å². The second-order valence-corrected chi connectivity index (χ2v) is 6.05. The third-order valence-electron chi connectivity index (χ3n) is 4.35. The summed E-state index contributed by atoms with van der Waals surface area (Å²) < 4.78 is 1.30. The number of nitrogens with zero attached hydrogens (tertiary/aromatic N) is 2. The summed E-state index contributed by atoms with van der Waals surface area (Å²) in [7, 11) is 0. The van der Waals surface area contributed by atoms with E-state index in [1.165, 1.54) is 34.7 Å². The molecule has 0 fully saturated rings. The van der Waals surface area contributed by atoms with Gasteiger partial charge in [0.2, 0.25) is 5.91 Å². The minimum absolute atomic E-state index is 0.0120. The number of hydrogen-bond donors (Lipinski definition) is 1. The zero-order valence-corrected chi connectivity index (χ0v) is 13.3. The number of amides is 1. The smallest absolute Gasteiger partial charge is 0.347 e. The maximum absolute atomic E-state index is 12.1. The van der Waals surface area contributed by atoms with Crippen molar-refractivity contribution in [3.05, 3.63) is 63.8 Å². The molecule has 1 heterocycles. The van der Waals surface area contributed by atoms with E-state index >= 15 is 0 Å². The van der Waals surface area contributed by atoms with Crippen LogP contribution in [0.15, 0.2) is 41.5 Å². The predicted molar refractivity (Wildman–Crippen MR) is 88.1 cm³/mol. The molecule has 0 aliphatic heterocycles. The van der Waals surface area contributed by atoms with E-state index < -0.39 is 5.69 Å². The Bertz CT molecular complexity index is 767. The minimum Gasteiger partial charge on any atom is -0.348 e. The minimum atomic E-state index is -0.413. The van der Waals surface area contributed by atoms with Gasteiger partial charge in [-0.1, -0.05) is 18.2 Å². The van der Waals surface area contributed by atoms with Crippen molar-refractivity contribution in [2.24, 2.45) is 0 Å². The molecule has 0 spiro atoms. The first-order valence-corrected chi connectivity index (χ1v) is 8.06. The van der Waals surface area contributed by atoms with Crippen molar-refractivity contribution in [3.8, 4) is 0 Å². The van der Waals surface area contributed by atoms with Gasteiger partial charge in [-0.05, 0) is 55.4 Å².